The van der Waals surface area contributed by atoms with Crippen LogP contribution in [0.5, 0.6) is 0 Å². The number of ether oxygens (including phenoxy) is 1. The van der Waals surface area contributed by atoms with Gasteiger partial charge in [-0.15, -0.1) is 0 Å². The first-order chi connectivity index (χ1) is 4.87. The van der Waals surface area contributed by atoms with Crippen LogP contribution in [-0.2, 0) is 9.53 Å². The predicted molar refractivity (Wildman–Crippen MR) is 35.7 cm³/mol. The van der Waals surface area contributed by atoms with Gasteiger partial charge in [-0.1, -0.05) is 0 Å². The van der Waals surface area contributed by atoms with Crippen molar-refractivity contribution < 1.29 is 9.53 Å². The summed E-state index contributed by atoms with van der Waals surface area (Å²) in [7, 11) is 0. The molecule has 1 aliphatic carbocycles. The maximum atomic E-state index is 10.3. The van der Waals surface area contributed by atoms with E-state index in [4.69, 9.17) is 4.74 Å². The molecule has 0 aromatic heterocycles. The van der Waals surface area contributed by atoms with E-state index in [0.29, 0.717) is 0 Å². The molecular weight excluding hydrogens is 130 g/mol. The molecule has 3 nitrogen and oxygen atoms in total. The average molecular weight is 141 g/mol. The summed E-state index contributed by atoms with van der Waals surface area (Å²) in [5.74, 6) is 0.167. The van der Waals surface area contributed by atoms with Crippen LogP contribution in [0.3, 0.4) is 0 Å². The molecule has 10 heavy (non-hydrogen) atoms. The topological polar surface area (TPSA) is 38.3 Å². The van der Waals surface area contributed by atoms with Crippen LogP contribution in [0.4, 0.5) is 0 Å². The van der Waals surface area contributed by atoms with Gasteiger partial charge in [-0.25, -0.2) is 0 Å². The smallest absolute Gasteiger partial charge is 0.126 e. The van der Waals surface area contributed by atoms with Gasteiger partial charge in [0.2, 0.25) is 0 Å². The molecule has 0 amide bonds. The summed E-state index contributed by atoms with van der Waals surface area (Å²) in [6.45, 7) is 2.54. The van der Waals surface area contributed by atoms with E-state index in [0.717, 1.165) is 32.4 Å². The maximum absolute atomic E-state index is 10.3. The normalized spacial score (nSPS) is 45.4. The fourth-order valence-electron chi connectivity index (χ4n) is 1.53. The Labute approximate surface area is 59.7 Å². The van der Waals surface area contributed by atoms with Gasteiger partial charge in [0.25, 0.3) is 0 Å². The molecule has 3 heteroatoms. The molecule has 1 aliphatic heterocycles. The van der Waals surface area contributed by atoms with E-state index >= 15 is 0 Å². The van der Waals surface area contributed by atoms with Crippen LogP contribution in [0.15, 0.2) is 0 Å². The van der Waals surface area contributed by atoms with Gasteiger partial charge in [-0.2, -0.15) is 0 Å². The minimum Gasteiger partial charge on any atom is -0.372 e. The van der Waals surface area contributed by atoms with Crippen molar-refractivity contribution in [3.05, 3.63) is 0 Å². The lowest BCUT2D eigenvalue weighted by Crippen LogP contribution is -2.41. The van der Waals surface area contributed by atoms with Crippen molar-refractivity contribution in [3.8, 4) is 0 Å². The molecule has 2 aliphatic rings. The zero-order valence-corrected chi connectivity index (χ0v) is 5.80. The molecular formula is C7H11NO2. The van der Waals surface area contributed by atoms with Crippen LogP contribution < -0.4 is 5.32 Å². The number of aldehydes is 1. The third kappa shape index (κ3) is 0.777. The lowest BCUT2D eigenvalue weighted by atomic mass is 10.2. The average Bonchev–Trinajstić information content (AvgIpc) is 2.65. The van der Waals surface area contributed by atoms with Crippen LogP contribution in [-0.4, -0.2) is 31.6 Å². The first-order valence-electron chi connectivity index (χ1n) is 3.67. The van der Waals surface area contributed by atoms with E-state index < -0.39 is 0 Å². The molecule has 0 radical (unpaired) electrons. The SMILES string of the molecule is O=CC1CC12CNCCO2. The predicted octanol–water partition coefficient (Wildman–Crippen LogP) is -0.436. The molecule has 1 N–H and O–H groups in total. The first kappa shape index (κ1) is 6.31. The highest BCUT2D eigenvalue weighted by Gasteiger charge is 2.56. The number of carbonyl (C=O) groups is 1. The number of morpholine rings is 1. The van der Waals surface area contributed by atoms with Crippen molar-refractivity contribution in [2.45, 2.75) is 12.0 Å². The monoisotopic (exact) mass is 141 g/mol. The van der Waals surface area contributed by atoms with Crippen LogP contribution in [0.1, 0.15) is 6.42 Å². The molecule has 2 atom stereocenters. The summed E-state index contributed by atoms with van der Waals surface area (Å²) in [5, 5.41) is 3.22. The highest BCUT2D eigenvalue weighted by molar-refractivity contribution is 5.61. The number of carbonyl (C=O) groups excluding carboxylic acids is 1. The van der Waals surface area contributed by atoms with Gasteiger partial charge in [0.15, 0.2) is 0 Å². The Morgan fingerprint density at radius 1 is 1.70 bits per heavy atom. The van der Waals surface area contributed by atoms with Gasteiger partial charge in [0.05, 0.1) is 12.2 Å². The Morgan fingerprint density at radius 2 is 2.60 bits per heavy atom. The molecule has 1 heterocycles. The minimum absolute atomic E-state index is 0.0833. The Morgan fingerprint density at radius 3 is 3.10 bits per heavy atom. The van der Waals surface area contributed by atoms with Gasteiger partial charge in [0.1, 0.15) is 6.29 Å². The van der Waals surface area contributed by atoms with Crippen molar-refractivity contribution in [2.24, 2.45) is 5.92 Å². The van der Waals surface area contributed by atoms with E-state index in [2.05, 4.69) is 5.32 Å². The van der Waals surface area contributed by atoms with E-state index in [1.165, 1.54) is 0 Å². The zero-order chi connectivity index (χ0) is 7.03. The third-order valence-corrected chi connectivity index (χ3v) is 2.34. The molecule has 0 bridgehead atoms. The van der Waals surface area contributed by atoms with Gasteiger partial charge in [0, 0.05) is 19.0 Å². The maximum Gasteiger partial charge on any atom is 0.126 e. The van der Waals surface area contributed by atoms with E-state index in [1.54, 1.807) is 0 Å². The van der Waals surface area contributed by atoms with Gasteiger partial charge < -0.3 is 14.8 Å². The number of nitrogens with one attached hydrogen (secondary N) is 1. The molecule has 1 spiro atoms. The molecule has 2 fully saturated rings. The number of rotatable bonds is 1. The Kier molecular flexibility index (Phi) is 1.28. The van der Waals surface area contributed by atoms with Crippen LogP contribution in [0.2, 0.25) is 0 Å². The Bertz CT molecular complexity index is 152. The van der Waals surface area contributed by atoms with E-state index in [1.807, 2.05) is 0 Å². The largest absolute Gasteiger partial charge is 0.372 e. The highest BCUT2D eigenvalue weighted by atomic mass is 16.5. The molecule has 1 saturated carbocycles. The summed E-state index contributed by atoms with van der Waals surface area (Å²) in [6.07, 6.45) is 1.93. The standard InChI is InChI=1S/C7H11NO2/c9-4-6-3-7(6)5-8-1-2-10-7/h4,6,8H,1-3,5H2. The summed E-state index contributed by atoms with van der Waals surface area (Å²) in [4.78, 5) is 10.3. The van der Waals surface area contributed by atoms with E-state index in [9.17, 15) is 4.79 Å². The van der Waals surface area contributed by atoms with E-state index in [-0.39, 0.29) is 11.5 Å². The highest BCUT2D eigenvalue weighted by Crippen LogP contribution is 2.45. The quantitative estimate of drug-likeness (QED) is 0.503. The number of hydrogen-bond donors (Lipinski definition) is 1. The lowest BCUT2D eigenvalue weighted by Gasteiger charge is -2.23. The fraction of sp³-hybridized carbons (Fsp3) is 0.857. The van der Waals surface area contributed by atoms with Crippen LogP contribution >= 0.6 is 0 Å². The second-order valence-corrected chi connectivity index (χ2v) is 3.04. The Hall–Kier alpha value is -0.410. The lowest BCUT2D eigenvalue weighted by molar-refractivity contribution is -0.111. The second kappa shape index (κ2) is 2.04. The zero-order valence-electron chi connectivity index (χ0n) is 5.80. The molecule has 2 rings (SSSR count). The molecule has 2 unspecified atom stereocenters. The Balaban J connectivity index is 1.97. The minimum atomic E-state index is -0.0833. The van der Waals surface area contributed by atoms with Crippen molar-refractivity contribution in [1.82, 2.24) is 5.32 Å². The second-order valence-electron chi connectivity index (χ2n) is 3.04. The molecule has 56 valence electrons. The van der Waals surface area contributed by atoms with Gasteiger partial charge in [-0.3, -0.25) is 0 Å². The van der Waals surface area contributed by atoms with Crippen molar-refractivity contribution in [2.75, 3.05) is 19.7 Å². The summed E-state index contributed by atoms with van der Waals surface area (Å²) < 4.78 is 5.49. The first-order valence-corrected chi connectivity index (χ1v) is 3.67. The molecule has 0 aromatic rings. The molecule has 0 aromatic carbocycles. The summed E-state index contributed by atoms with van der Waals surface area (Å²) in [5.41, 5.74) is -0.0833. The van der Waals surface area contributed by atoms with Crippen LogP contribution in [0, 0.1) is 5.92 Å². The third-order valence-electron chi connectivity index (χ3n) is 2.34. The van der Waals surface area contributed by atoms with Crippen molar-refractivity contribution in [3.63, 3.8) is 0 Å². The van der Waals surface area contributed by atoms with Crippen molar-refractivity contribution >= 4 is 6.29 Å². The summed E-state index contributed by atoms with van der Waals surface area (Å²) >= 11 is 0. The fourth-order valence-corrected chi connectivity index (χ4v) is 1.53. The van der Waals surface area contributed by atoms with Crippen LogP contribution in [0.25, 0.3) is 0 Å². The molecule has 1 saturated heterocycles. The number of hydrogen-bond acceptors (Lipinski definition) is 3. The van der Waals surface area contributed by atoms with Crippen molar-refractivity contribution in [1.29, 1.82) is 0 Å². The van der Waals surface area contributed by atoms with Gasteiger partial charge in [-0.05, 0) is 6.42 Å². The summed E-state index contributed by atoms with van der Waals surface area (Å²) in [6, 6.07) is 0. The van der Waals surface area contributed by atoms with Gasteiger partial charge >= 0.3 is 0 Å².